The number of carbonyl (C=O) groups excluding carboxylic acids is 2. The Labute approximate surface area is 238 Å². The van der Waals surface area contributed by atoms with E-state index < -0.39 is 11.4 Å². The minimum absolute atomic E-state index is 0.0968. The SMILES string of the molecule is CCC(C)(C)C(=O)OCCCn1c(C)c(C2=C([O-])/C(=C3/C(C)=[N+](CC(=O)O)c4ccccc43)C2=O)c2ccccc21. The summed E-state index contributed by atoms with van der Waals surface area (Å²) in [5, 5.41) is 24.0. The lowest BCUT2D eigenvalue weighted by atomic mass is 9.78. The summed E-state index contributed by atoms with van der Waals surface area (Å²) in [6.45, 7) is 9.90. The van der Waals surface area contributed by atoms with Crippen molar-refractivity contribution in [3.8, 4) is 0 Å². The second-order valence-electron chi connectivity index (χ2n) is 11.2. The van der Waals surface area contributed by atoms with Gasteiger partial charge in [0, 0.05) is 52.8 Å². The molecule has 1 aliphatic heterocycles. The van der Waals surface area contributed by atoms with Crippen LogP contribution in [0.3, 0.4) is 0 Å². The van der Waals surface area contributed by atoms with Gasteiger partial charge in [-0.15, -0.1) is 0 Å². The molecule has 1 aromatic heterocycles. The number of hydrogen-bond donors (Lipinski definition) is 1. The average Bonchev–Trinajstić information content (AvgIpc) is 3.37. The summed E-state index contributed by atoms with van der Waals surface area (Å²) in [5.41, 5.74) is 4.46. The van der Waals surface area contributed by atoms with Crippen molar-refractivity contribution >= 4 is 51.2 Å². The number of fused-ring (bicyclic) bond motifs is 2. The summed E-state index contributed by atoms with van der Waals surface area (Å²) in [6.07, 6.45) is 1.27. The largest absolute Gasteiger partial charge is 0.871 e. The zero-order valence-electron chi connectivity index (χ0n) is 24.0. The number of esters is 1. The number of carboxylic acids is 1. The number of ether oxygens (including phenoxy) is 1. The number of allylic oxidation sites excluding steroid dienone is 3. The number of aliphatic carboxylic acids is 1. The fourth-order valence-electron chi connectivity index (χ4n) is 5.70. The first kappa shape index (κ1) is 28.1. The van der Waals surface area contributed by atoms with Crippen molar-refractivity contribution in [1.82, 2.24) is 4.57 Å². The minimum Gasteiger partial charge on any atom is -0.871 e. The van der Waals surface area contributed by atoms with Gasteiger partial charge in [0.2, 0.25) is 12.2 Å². The van der Waals surface area contributed by atoms with Crippen LogP contribution in [-0.2, 0) is 25.7 Å². The third-order valence-corrected chi connectivity index (χ3v) is 8.36. The molecule has 0 atom stereocenters. The molecule has 0 spiro atoms. The molecule has 2 aliphatic rings. The van der Waals surface area contributed by atoms with Gasteiger partial charge in [-0.2, -0.15) is 4.58 Å². The fourth-order valence-corrected chi connectivity index (χ4v) is 5.70. The van der Waals surface area contributed by atoms with E-state index >= 15 is 0 Å². The second kappa shape index (κ2) is 10.5. The average molecular weight is 555 g/mol. The van der Waals surface area contributed by atoms with Crippen LogP contribution in [0.15, 0.2) is 59.9 Å². The molecule has 3 aromatic rings. The third kappa shape index (κ3) is 4.57. The molecular weight excluding hydrogens is 520 g/mol. The van der Waals surface area contributed by atoms with Crippen molar-refractivity contribution < 1.29 is 33.9 Å². The first-order valence-electron chi connectivity index (χ1n) is 13.9. The van der Waals surface area contributed by atoms with E-state index in [2.05, 4.69) is 4.57 Å². The summed E-state index contributed by atoms with van der Waals surface area (Å²) in [4.78, 5) is 37.7. The summed E-state index contributed by atoms with van der Waals surface area (Å²) in [5.74, 6) is -1.90. The van der Waals surface area contributed by atoms with Crippen molar-refractivity contribution in [2.24, 2.45) is 5.41 Å². The maximum Gasteiger partial charge on any atom is 0.370 e. The monoisotopic (exact) mass is 554 g/mol. The van der Waals surface area contributed by atoms with E-state index in [4.69, 9.17) is 4.74 Å². The van der Waals surface area contributed by atoms with Crippen LogP contribution in [0.2, 0.25) is 0 Å². The lowest BCUT2D eigenvalue weighted by Crippen LogP contribution is -2.31. The molecule has 1 aliphatic carbocycles. The van der Waals surface area contributed by atoms with Gasteiger partial charge in [0.15, 0.2) is 11.5 Å². The number of aromatic nitrogens is 1. The van der Waals surface area contributed by atoms with E-state index in [0.717, 1.165) is 16.6 Å². The van der Waals surface area contributed by atoms with Crippen LogP contribution in [0.4, 0.5) is 5.69 Å². The van der Waals surface area contributed by atoms with E-state index in [9.17, 15) is 24.6 Å². The number of benzene rings is 2. The van der Waals surface area contributed by atoms with Gasteiger partial charge in [0.1, 0.15) is 0 Å². The Morgan fingerprint density at radius 1 is 1.02 bits per heavy atom. The number of nitrogens with zero attached hydrogens (tertiary/aromatic N) is 2. The van der Waals surface area contributed by atoms with Gasteiger partial charge >= 0.3 is 11.9 Å². The Bertz CT molecular complexity index is 1720. The van der Waals surface area contributed by atoms with Crippen LogP contribution in [0.1, 0.15) is 57.4 Å². The van der Waals surface area contributed by atoms with E-state index in [1.165, 1.54) is 0 Å². The van der Waals surface area contributed by atoms with Crippen molar-refractivity contribution in [2.75, 3.05) is 13.2 Å². The standard InChI is InChI=1S/C33H34N2O6/c1-6-33(4,5)32(40)41-17-11-16-34-19(2)26(21-12-7-9-14-23(21)34)28-30(38)29(31(28)39)27-20(3)35(18-25(36)37)24-15-10-8-13-22(24)27/h7-10,12-15H,6,11,16-18H2,1-5H3,(H-,36,37,38,39). The number of Topliss-reactive ketones (excluding diaryl/α,β-unsaturated/α-hetero) is 1. The molecule has 0 radical (unpaired) electrons. The Morgan fingerprint density at radius 2 is 1.71 bits per heavy atom. The van der Waals surface area contributed by atoms with Crippen molar-refractivity contribution in [1.29, 1.82) is 0 Å². The van der Waals surface area contributed by atoms with Crippen LogP contribution < -0.4 is 5.11 Å². The number of aryl methyl sites for hydroxylation is 1. The highest BCUT2D eigenvalue weighted by Crippen LogP contribution is 2.46. The summed E-state index contributed by atoms with van der Waals surface area (Å²) in [6, 6.07) is 14.9. The van der Waals surface area contributed by atoms with Gasteiger partial charge in [0.05, 0.1) is 23.2 Å². The Hall–Kier alpha value is -4.46. The van der Waals surface area contributed by atoms with Gasteiger partial charge in [-0.25, -0.2) is 4.79 Å². The molecular formula is C33H34N2O6. The highest BCUT2D eigenvalue weighted by molar-refractivity contribution is 6.47. The maximum atomic E-state index is 13.8. The lowest BCUT2D eigenvalue weighted by molar-refractivity contribution is -0.427. The Kier molecular flexibility index (Phi) is 7.19. The molecule has 0 unspecified atom stereocenters. The highest BCUT2D eigenvalue weighted by atomic mass is 16.5. The number of carboxylic acid groups (broad SMARTS) is 1. The second-order valence-corrected chi connectivity index (χ2v) is 11.2. The molecule has 0 saturated carbocycles. The zero-order chi connectivity index (χ0) is 29.6. The predicted molar refractivity (Wildman–Crippen MR) is 155 cm³/mol. The van der Waals surface area contributed by atoms with Crippen molar-refractivity contribution in [3.05, 3.63) is 76.7 Å². The molecule has 212 valence electrons. The molecule has 8 heteroatoms. The molecule has 0 saturated heterocycles. The summed E-state index contributed by atoms with van der Waals surface area (Å²) < 4.78 is 9.22. The molecule has 2 aromatic carbocycles. The molecule has 0 bridgehead atoms. The number of para-hydroxylation sites is 2. The number of rotatable bonds is 9. The van der Waals surface area contributed by atoms with Crippen molar-refractivity contribution in [3.63, 3.8) is 0 Å². The zero-order valence-corrected chi connectivity index (χ0v) is 24.0. The normalized spacial score (nSPS) is 16.9. The van der Waals surface area contributed by atoms with E-state index in [-0.39, 0.29) is 41.8 Å². The van der Waals surface area contributed by atoms with Gasteiger partial charge in [-0.1, -0.05) is 43.0 Å². The molecule has 2 heterocycles. The van der Waals surface area contributed by atoms with Gasteiger partial charge in [-0.3, -0.25) is 9.59 Å². The Balaban J connectivity index is 1.53. The molecule has 1 N–H and O–H groups in total. The summed E-state index contributed by atoms with van der Waals surface area (Å²) in [7, 11) is 0. The smallest absolute Gasteiger partial charge is 0.370 e. The minimum atomic E-state index is -1.00. The van der Waals surface area contributed by atoms with Gasteiger partial charge < -0.3 is 19.5 Å². The topological polar surface area (TPSA) is 112 Å². The van der Waals surface area contributed by atoms with Crippen LogP contribution >= 0.6 is 0 Å². The highest BCUT2D eigenvalue weighted by Gasteiger charge is 2.41. The number of hydrogen-bond acceptors (Lipinski definition) is 5. The third-order valence-electron chi connectivity index (χ3n) is 8.36. The summed E-state index contributed by atoms with van der Waals surface area (Å²) >= 11 is 0. The lowest BCUT2D eigenvalue weighted by Gasteiger charge is -2.32. The number of carbonyl (C=O) groups is 3. The maximum absolute atomic E-state index is 13.8. The van der Waals surface area contributed by atoms with Gasteiger partial charge in [0.25, 0.3) is 0 Å². The van der Waals surface area contributed by atoms with Crippen LogP contribution in [0, 0.1) is 12.3 Å². The number of ketones is 1. The van der Waals surface area contributed by atoms with E-state index in [1.807, 2.05) is 64.1 Å². The predicted octanol–water partition coefficient (Wildman–Crippen LogP) is 4.63. The van der Waals surface area contributed by atoms with E-state index in [1.54, 1.807) is 23.6 Å². The van der Waals surface area contributed by atoms with Crippen LogP contribution in [0.25, 0.3) is 22.0 Å². The first-order chi connectivity index (χ1) is 19.5. The first-order valence-corrected chi connectivity index (χ1v) is 13.9. The van der Waals surface area contributed by atoms with Gasteiger partial charge in [-0.05, 0) is 45.7 Å². The van der Waals surface area contributed by atoms with Crippen molar-refractivity contribution in [2.45, 2.75) is 54.0 Å². The molecule has 5 rings (SSSR count). The quantitative estimate of drug-likeness (QED) is 0.179. The molecule has 41 heavy (non-hydrogen) atoms. The molecule has 0 amide bonds. The Morgan fingerprint density at radius 3 is 2.39 bits per heavy atom. The molecule has 0 fully saturated rings. The molecule has 8 nitrogen and oxygen atoms in total. The van der Waals surface area contributed by atoms with Crippen LogP contribution in [0.5, 0.6) is 0 Å². The van der Waals surface area contributed by atoms with E-state index in [0.29, 0.717) is 47.5 Å². The van der Waals surface area contributed by atoms with Crippen LogP contribution in [-0.4, -0.2) is 50.8 Å². The fraction of sp³-hybridized carbons (Fsp3) is 0.333.